The van der Waals surface area contributed by atoms with Crippen LogP contribution in [0.25, 0.3) is 0 Å². The van der Waals surface area contributed by atoms with Gasteiger partial charge in [-0.1, -0.05) is 32.0 Å². The Kier molecular flexibility index (Phi) is 6.06. The van der Waals surface area contributed by atoms with Gasteiger partial charge in [-0.3, -0.25) is 14.9 Å². The third-order valence-electron chi connectivity index (χ3n) is 3.84. The van der Waals surface area contributed by atoms with E-state index in [4.69, 9.17) is 4.74 Å². The van der Waals surface area contributed by atoms with E-state index >= 15 is 0 Å². The second-order valence-electron chi connectivity index (χ2n) is 6.16. The summed E-state index contributed by atoms with van der Waals surface area (Å²) in [6.45, 7) is 5.22. The van der Waals surface area contributed by atoms with Gasteiger partial charge in [0.25, 0.3) is 11.6 Å². The Balaban J connectivity index is 1.93. The molecule has 0 atom stereocenters. The van der Waals surface area contributed by atoms with E-state index in [0.717, 1.165) is 5.56 Å². The fourth-order valence-corrected chi connectivity index (χ4v) is 2.30. The fraction of sp³-hybridized carbons (Fsp3) is 0.263. The Morgan fingerprint density at radius 3 is 2.38 bits per heavy atom. The van der Waals surface area contributed by atoms with E-state index in [1.165, 1.54) is 12.1 Å². The maximum Gasteiger partial charge on any atom is 0.338 e. The fourth-order valence-electron chi connectivity index (χ4n) is 2.30. The molecule has 0 aromatic heterocycles. The lowest BCUT2D eigenvalue weighted by atomic mass is 10.0. The Morgan fingerprint density at radius 2 is 1.81 bits per heavy atom. The topological polar surface area (TPSA) is 98.5 Å². The second-order valence-corrected chi connectivity index (χ2v) is 6.16. The summed E-state index contributed by atoms with van der Waals surface area (Å²) < 4.78 is 4.98. The number of esters is 1. The summed E-state index contributed by atoms with van der Waals surface area (Å²) in [5.74, 6) is -0.829. The van der Waals surface area contributed by atoms with E-state index in [2.05, 4.69) is 5.32 Å². The van der Waals surface area contributed by atoms with Crippen molar-refractivity contribution in [1.29, 1.82) is 0 Å². The van der Waals surface area contributed by atoms with Gasteiger partial charge in [0.2, 0.25) is 0 Å². The van der Waals surface area contributed by atoms with Crippen molar-refractivity contribution in [2.24, 2.45) is 0 Å². The van der Waals surface area contributed by atoms with Crippen molar-refractivity contribution in [2.75, 3.05) is 11.9 Å². The highest BCUT2D eigenvalue weighted by Crippen LogP contribution is 2.22. The predicted molar refractivity (Wildman–Crippen MR) is 97.3 cm³/mol. The molecule has 1 amide bonds. The quantitative estimate of drug-likeness (QED) is 0.482. The number of amides is 1. The molecule has 2 aromatic carbocycles. The van der Waals surface area contributed by atoms with E-state index in [1.54, 1.807) is 25.1 Å². The van der Waals surface area contributed by atoms with Crippen molar-refractivity contribution < 1.29 is 19.2 Å². The average Bonchev–Trinajstić information content (AvgIpc) is 2.61. The molecule has 7 nitrogen and oxygen atoms in total. The minimum Gasteiger partial charge on any atom is -0.452 e. The molecule has 0 spiro atoms. The van der Waals surface area contributed by atoms with Crippen molar-refractivity contribution in [2.45, 2.75) is 26.7 Å². The van der Waals surface area contributed by atoms with Crippen LogP contribution in [0.4, 0.5) is 11.4 Å². The lowest BCUT2D eigenvalue weighted by Crippen LogP contribution is -2.21. The molecule has 0 fully saturated rings. The molecule has 0 heterocycles. The number of nitro benzene ring substituents is 1. The molecule has 2 rings (SSSR count). The highest BCUT2D eigenvalue weighted by molar-refractivity contribution is 5.95. The minimum absolute atomic E-state index is 0.0926. The molecule has 0 radical (unpaired) electrons. The zero-order valence-electron chi connectivity index (χ0n) is 14.8. The summed E-state index contributed by atoms with van der Waals surface area (Å²) in [4.78, 5) is 34.3. The highest BCUT2D eigenvalue weighted by Gasteiger charge is 2.14. The van der Waals surface area contributed by atoms with E-state index in [1.807, 2.05) is 26.0 Å². The van der Waals surface area contributed by atoms with Gasteiger partial charge in [-0.15, -0.1) is 0 Å². The predicted octanol–water partition coefficient (Wildman–Crippen LogP) is 3.82. The Labute approximate surface area is 151 Å². The van der Waals surface area contributed by atoms with E-state index in [0.29, 0.717) is 17.0 Å². The number of nitrogens with one attached hydrogen (secondary N) is 1. The number of hydrogen-bond acceptors (Lipinski definition) is 5. The summed E-state index contributed by atoms with van der Waals surface area (Å²) >= 11 is 0. The number of ether oxygens (including phenoxy) is 1. The SMILES string of the molecule is Cc1ccc(NC(=O)COC(=O)c2ccc(C(C)C)cc2)cc1[N+](=O)[O-]. The summed E-state index contributed by atoms with van der Waals surface area (Å²) in [5, 5.41) is 13.4. The molecule has 0 aliphatic carbocycles. The van der Waals surface area contributed by atoms with Crippen LogP contribution in [0.15, 0.2) is 42.5 Å². The van der Waals surface area contributed by atoms with Gasteiger partial charge in [0, 0.05) is 17.3 Å². The molecule has 136 valence electrons. The summed E-state index contributed by atoms with van der Waals surface area (Å²) in [5.41, 5.74) is 2.12. The first-order valence-corrected chi connectivity index (χ1v) is 8.10. The van der Waals surface area contributed by atoms with Gasteiger partial charge in [0.1, 0.15) is 0 Å². The number of carbonyl (C=O) groups is 2. The first-order chi connectivity index (χ1) is 12.3. The third-order valence-corrected chi connectivity index (χ3v) is 3.84. The van der Waals surface area contributed by atoms with Gasteiger partial charge in [-0.2, -0.15) is 0 Å². The van der Waals surface area contributed by atoms with Crippen LogP contribution in [0, 0.1) is 17.0 Å². The zero-order valence-corrected chi connectivity index (χ0v) is 14.8. The molecule has 26 heavy (non-hydrogen) atoms. The number of benzene rings is 2. The number of nitro groups is 1. The van der Waals surface area contributed by atoms with Gasteiger partial charge >= 0.3 is 5.97 Å². The van der Waals surface area contributed by atoms with E-state index in [-0.39, 0.29) is 11.4 Å². The monoisotopic (exact) mass is 356 g/mol. The molecule has 1 N–H and O–H groups in total. The molecular formula is C19H20N2O5. The van der Waals surface area contributed by atoms with Crippen molar-refractivity contribution in [1.82, 2.24) is 0 Å². The number of nitrogens with zero attached hydrogens (tertiary/aromatic N) is 1. The number of hydrogen-bond donors (Lipinski definition) is 1. The molecule has 0 aliphatic heterocycles. The maximum absolute atomic E-state index is 12.0. The van der Waals surface area contributed by atoms with Gasteiger partial charge in [0.15, 0.2) is 6.61 Å². The highest BCUT2D eigenvalue weighted by atomic mass is 16.6. The third kappa shape index (κ3) is 4.89. The molecule has 0 saturated heterocycles. The lowest BCUT2D eigenvalue weighted by Gasteiger charge is -2.08. The van der Waals surface area contributed by atoms with E-state index < -0.39 is 23.4 Å². The Morgan fingerprint density at radius 1 is 1.15 bits per heavy atom. The molecular weight excluding hydrogens is 336 g/mol. The lowest BCUT2D eigenvalue weighted by molar-refractivity contribution is -0.385. The average molecular weight is 356 g/mol. The number of carbonyl (C=O) groups excluding carboxylic acids is 2. The van der Waals surface area contributed by atoms with Gasteiger partial charge in [-0.05, 0) is 36.6 Å². The summed E-state index contributed by atoms with van der Waals surface area (Å²) in [6, 6.07) is 11.3. The van der Waals surface area contributed by atoms with Gasteiger partial charge < -0.3 is 10.1 Å². The Bertz CT molecular complexity index is 828. The van der Waals surface area contributed by atoms with Crippen LogP contribution in [0.1, 0.15) is 41.3 Å². The largest absolute Gasteiger partial charge is 0.452 e. The van der Waals surface area contributed by atoms with Gasteiger partial charge in [0.05, 0.1) is 10.5 Å². The van der Waals surface area contributed by atoms with Crippen LogP contribution in [-0.4, -0.2) is 23.4 Å². The van der Waals surface area contributed by atoms with Crippen LogP contribution in [-0.2, 0) is 9.53 Å². The van der Waals surface area contributed by atoms with Gasteiger partial charge in [-0.25, -0.2) is 4.79 Å². The molecule has 2 aromatic rings. The van der Waals surface area contributed by atoms with Crippen LogP contribution >= 0.6 is 0 Å². The normalized spacial score (nSPS) is 10.5. The molecule has 7 heteroatoms. The summed E-state index contributed by atoms with van der Waals surface area (Å²) in [6.07, 6.45) is 0. The van der Waals surface area contributed by atoms with Crippen LogP contribution in [0.3, 0.4) is 0 Å². The number of anilines is 1. The molecule has 0 bridgehead atoms. The van der Waals surface area contributed by atoms with Crippen molar-refractivity contribution in [3.8, 4) is 0 Å². The first-order valence-electron chi connectivity index (χ1n) is 8.10. The first kappa shape index (κ1) is 19.1. The molecule has 0 unspecified atom stereocenters. The van der Waals surface area contributed by atoms with Crippen LogP contribution in [0.5, 0.6) is 0 Å². The van der Waals surface area contributed by atoms with Crippen molar-refractivity contribution >= 4 is 23.3 Å². The number of rotatable bonds is 6. The second kappa shape index (κ2) is 8.24. The summed E-state index contributed by atoms with van der Waals surface area (Å²) in [7, 11) is 0. The molecule has 0 aliphatic rings. The van der Waals surface area contributed by atoms with Crippen molar-refractivity contribution in [3.63, 3.8) is 0 Å². The zero-order chi connectivity index (χ0) is 19.3. The van der Waals surface area contributed by atoms with Crippen LogP contribution in [0.2, 0.25) is 0 Å². The standard InChI is InChI=1S/C19H20N2O5/c1-12(2)14-5-7-15(8-6-14)19(23)26-11-18(22)20-16-9-4-13(3)17(10-16)21(24)25/h4-10,12H,11H2,1-3H3,(H,20,22). The van der Waals surface area contributed by atoms with Crippen molar-refractivity contribution in [3.05, 3.63) is 69.3 Å². The van der Waals surface area contributed by atoms with Crippen LogP contribution < -0.4 is 5.32 Å². The van der Waals surface area contributed by atoms with E-state index in [9.17, 15) is 19.7 Å². The minimum atomic E-state index is -0.606. The smallest absolute Gasteiger partial charge is 0.338 e. The Hall–Kier alpha value is -3.22. The number of aryl methyl sites for hydroxylation is 1. The maximum atomic E-state index is 12.0. The molecule has 0 saturated carbocycles.